The van der Waals surface area contributed by atoms with E-state index in [2.05, 4.69) is 24.4 Å². The van der Waals surface area contributed by atoms with Gasteiger partial charge in [-0.3, -0.25) is 0 Å². The van der Waals surface area contributed by atoms with E-state index in [1.807, 2.05) is 17.9 Å². The van der Waals surface area contributed by atoms with Crippen LogP contribution in [-0.2, 0) is 29.0 Å². The number of nitrogens with one attached hydrogen (secondary N) is 1. The van der Waals surface area contributed by atoms with Gasteiger partial charge in [0, 0.05) is 32.2 Å². The van der Waals surface area contributed by atoms with Crippen molar-refractivity contribution >= 4 is 6.03 Å². The van der Waals surface area contributed by atoms with Crippen LogP contribution in [0.5, 0.6) is 0 Å². The molecule has 1 aromatic carbocycles. The topological polar surface area (TPSA) is 50.8 Å². The molecule has 5 heteroatoms. The molecule has 0 bridgehead atoms. The third kappa shape index (κ3) is 3.90. The molecule has 2 aliphatic rings. The Hall–Kier alpha value is -1.59. The number of fused-ring (bicyclic) bond motifs is 1. The zero-order valence-corrected chi connectivity index (χ0v) is 14.7. The van der Waals surface area contributed by atoms with Crippen molar-refractivity contribution in [1.82, 2.24) is 10.2 Å². The zero-order valence-electron chi connectivity index (χ0n) is 14.7. The summed E-state index contributed by atoms with van der Waals surface area (Å²) in [6.07, 6.45) is 2.12. The number of hydrogen-bond donors (Lipinski definition) is 1. The van der Waals surface area contributed by atoms with Crippen LogP contribution in [0.4, 0.5) is 4.79 Å². The predicted octanol–water partition coefficient (Wildman–Crippen LogP) is 2.72. The molecule has 132 valence electrons. The maximum Gasteiger partial charge on any atom is 0.317 e. The fraction of sp³-hybridized carbons (Fsp3) is 0.632. The number of rotatable bonds is 4. The summed E-state index contributed by atoms with van der Waals surface area (Å²) in [6.45, 7) is 8.48. The van der Waals surface area contributed by atoms with Crippen molar-refractivity contribution in [3.63, 3.8) is 0 Å². The van der Waals surface area contributed by atoms with Gasteiger partial charge < -0.3 is 19.7 Å². The molecule has 0 aromatic heterocycles. The van der Waals surface area contributed by atoms with Gasteiger partial charge in [-0.2, -0.15) is 0 Å². The minimum Gasteiger partial charge on any atom is -0.378 e. The van der Waals surface area contributed by atoms with Gasteiger partial charge in [0.1, 0.15) is 0 Å². The van der Waals surface area contributed by atoms with E-state index in [1.54, 1.807) is 0 Å². The summed E-state index contributed by atoms with van der Waals surface area (Å²) in [6, 6.07) is 6.29. The molecule has 2 aliphatic heterocycles. The number of likely N-dealkylation sites (tertiary alicyclic amines) is 1. The molecule has 0 spiro atoms. The predicted molar refractivity (Wildman–Crippen MR) is 92.8 cm³/mol. The molecule has 1 fully saturated rings. The van der Waals surface area contributed by atoms with Crippen LogP contribution < -0.4 is 5.32 Å². The second-order valence-electron chi connectivity index (χ2n) is 6.72. The summed E-state index contributed by atoms with van der Waals surface area (Å²) >= 11 is 0. The molecule has 0 saturated carbocycles. The van der Waals surface area contributed by atoms with E-state index >= 15 is 0 Å². The molecule has 24 heavy (non-hydrogen) atoms. The van der Waals surface area contributed by atoms with Crippen molar-refractivity contribution in [2.24, 2.45) is 5.92 Å². The first-order valence-corrected chi connectivity index (χ1v) is 9.00. The smallest absolute Gasteiger partial charge is 0.317 e. The highest BCUT2D eigenvalue weighted by Crippen LogP contribution is 2.22. The van der Waals surface area contributed by atoms with E-state index in [1.165, 1.54) is 16.7 Å². The fourth-order valence-corrected chi connectivity index (χ4v) is 3.72. The molecule has 0 aliphatic carbocycles. The first-order chi connectivity index (χ1) is 11.7. The first kappa shape index (κ1) is 17.2. The van der Waals surface area contributed by atoms with Crippen LogP contribution in [0.25, 0.3) is 0 Å². The lowest BCUT2D eigenvalue weighted by molar-refractivity contribution is -0.0134. The van der Waals surface area contributed by atoms with Gasteiger partial charge in [-0.05, 0) is 36.5 Å². The fourth-order valence-electron chi connectivity index (χ4n) is 3.72. The van der Waals surface area contributed by atoms with Crippen molar-refractivity contribution in [3.8, 4) is 0 Å². The van der Waals surface area contributed by atoms with Crippen molar-refractivity contribution in [1.29, 1.82) is 0 Å². The van der Waals surface area contributed by atoms with Crippen LogP contribution in [0, 0.1) is 5.92 Å². The van der Waals surface area contributed by atoms with Gasteiger partial charge in [0.25, 0.3) is 0 Å². The van der Waals surface area contributed by atoms with E-state index in [0.717, 1.165) is 39.1 Å². The Balaban J connectivity index is 1.55. The third-order valence-electron chi connectivity index (χ3n) is 5.05. The van der Waals surface area contributed by atoms with Crippen molar-refractivity contribution < 1.29 is 14.3 Å². The molecule has 0 radical (unpaired) electrons. The molecule has 2 unspecified atom stereocenters. The summed E-state index contributed by atoms with van der Waals surface area (Å²) in [5, 5.41) is 3.09. The van der Waals surface area contributed by atoms with Crippen LogP contribution in [0.2, 0.25) is 0 Å². The number of carbonyl (C=O) groups is 1. The monoisotopic (exact) mass is 332 g/mol. The number of nitrogens with zero attached hydrogens (tertiary/aromatic N) is 1. The normalized spacial score (nSPS) is 23.7. The summed E-state index contributed by atoms with van der Waals surface area (Å²) in [7, 11) is 0. The summed E-state index contributed by atoms with van der Waals surface area (Å²) in [5.74, 6) is 0.381. The maximum atomic E-state index is 12.5. The Labute approximate surface area is 144 Å². The molecule has 1 N–H and O–H groups in total. The Bertz CT molecular complexity index is 576. The molecular formula is C19H28N2O3. The maximum absolute atomic E-state index is 12.5. The number of carbonyl (C=O) groups excluding carboxylic acids is 1. The van der Waals surface area contributed by atoms with Crippen LogP contribution in [-0.4, -0.2) is 43.3 Å². The summed E-state index contributed by atoms with van der Waals surface area (Å²) in [4.78, 5) is 14.4. The highest BCUT2D eigenvalue weighted by atomic mass is 16.5. The number of benzene rings is 1. The minimum atomic E-state index is 0.0291. The Kier molecular flexibility index (Phi) is 5.74. The summed E-state index contributed by atoms with van der Waals surface area (Å²) < 4.78 is 11.3. The molecule has 2 amide bonds. The van der Waals surface area contributed by atoms with Crippen molar-refractivity contribution in [3.05, 3.63) is 34.9 Å². The zero-order chi connectivity index (χ0) is 16.9. The van der Waals surface area contributed by atoms with Crippen LogP contribution in [0.3, 0.4) is 0 Å². The van der Waals surface area contributed by atoms with Crippen LogP contribution >= 0.6 is 0 Å². The standard InChI is InChI=1S/C19H28N2O3/c1-3-24-18-7-9-21(12-14(18)2)19(22)20-11-15-5-4-6-16-13-23-10-8-17(15)16/h4-6,14,18H,3,7-13H2,1-2H3,(H,20,22). The molecular weight excluding hydrogens is 304 g/mol. The molecule has 3 rings (SSSR count). The second kappa shape index (κ2) is 7.99. The van der Waals surface area contributed by atoms with E-state index in [-0.39, 0.29) is 12.1 Å². The van der Waals surface area contributed by atoms with E-state index in [9.17, 15) is 4.79 Å². The molecule has 1 saturated heterocycles. The third-order valence-corrected chi connectivity index (χ3v) is 5.05. The second-order valence-corrected chi connectivity index (χ2v) is 6.72. The minimum absolute atomic E-state index is 0.0291. The molecule has 2 atom stereocenters. The highest BCUT2D eigenvalue weighted by Gasteiger charge is 2.29. The number of ether oxygens (including phenoxy) is 2. The number of amides is 2. The quantitative estimate of drug-likeness (QED) is 0.922. The van der Waals surface area contributed by atoms with Crippen LogP contribution in [0.15, 0.2) is 18.2 Å². The lowest BCUT2D eigenvalue weighted by Gasteiger charge is -2.36. The van der Waals surface area contributed by atoms with E-state index in [0.29, 0.717) is 19.1 Å². The lowest BCUT2D eigenvalue weighted by Crippen LogP contribution is -2.49. The van der Waals surface area contributed by atoms with Gasteiger partial charge in [-0.25, -0.2) is 4.79 Å². The van der Waals surface area contributed by atoms with Gasteiger partial charge in [0.15, 0.2) is 0 Å². The summed E-state index contributed by atoms with van der Waals surface area (Å²) in [5.41, 5.74) is 3.80. The largest absolute Gasteiger partial charge is 0.378 e. The van der Waals surface area contributed by atoms with Gasteiger partial charge in [-0.15, -0.1) is 0 Å². The number of piperidine rings is 1. The van der Waals surface area contributed by atoms with E-state index in [4.69, 9.17) is 9.47 Å². The Morgan fingerprint density at radius 2 is 2.33 bits per heavy atom. The van der Waals surface area contributed by atoms with Gasteiger partial charge in [0.2, 0.25) is 0 Å². The van der Waals surface area contributed by atoms with Crippen LogP contribution in [0.1, 0.15) is 37.0 Å². The molecule has 2 heterocycles. The number of hydrogen-bond acceptors (Lipinski definition) is 3. The molecule has 5 nitrogen and oxygen atoms in total. The van der Waals surface area contributed by atoms with Gasteiger partial charge >= 0.3 is 6.03 Å². The lowest BCUT2D eigenvalue weighted by atomic mass is 9.96. The Morgan fingerprint density at radius 3 is 3.12 bits per heavy atom. The SMILES string of the molecule is CCOC1CCN(C(=O)NCc2cccc3c2CCOC3)CC1C. The van der Waals surface area contributed by atoms with Gasteiger partial charge in [-0.1, -0.05) is 25.1 Å². The average molecular weight is 332 g/mol. The Morgan fingerprint density at radius 1 is 1.46 bits per heavy atom. The average Bonchev–Trinajstić information content (AvgIpc) is 2.61. The van der Waals surface area contributed by atoms with E-state index < -0.39 is 0 Å². The highest BCUT2D eigenvalue weighted by molar-refractivity contribution is 5.74. The van der Waals surface area contributed by atoms with Gasteiger partial charge in [0.05, 0.1) is 19.3 Å². The number of urea groups is 1. The molecule has 1 aromatic rings. The van der Waals surface area contributed by atoms with Crippen molar-refractivity contribution in [2.45, 2.75) is 45.9 Å². The first-order valence-electron chi connectivity index (χ1n) is 9.00. The van der Waals surface area contributed by atoms with Crippen molar-refractivity contribution in [2.75, 3.05) is 26.3 Å².